The summed E-state index contributed by atoms with van der Waals surface area (Å²) < 4.78 is 5.58. The lowest BCUT2D eigenvalue weighted by Crippen LogP contribution is -1.97. The average molecular weight is 361 g/mol. The van der Waals surface area contributed by atoms with Gasteiger partial charge in [-0.1, -0.05) is 94.6 Å². The van der Waals surface area contributed by atoms with Gasteiger partial charge in [0.05, 0.1) is 6.61 Å². The second-order valence-electron chi connectivity index (χ2n) is 5.59. The largest absolute Gasteiger partial charge is 0.494 e. The van der Waals surface area contributed by atoms with Gasteiger partial charge in [0, 0.05) is 0 Å². The molecule has 2 aromatic carbocycles. The van der Waals surface area contributed by atoms with E-state index in [9.17, 15) is 0 Å². The van der Waals surface area contributed by atoms with Crippen molar-refractivity contribution in [1.29, 1.82) is 0 Å². The van der Waals surface area contributed by atoms with E-state index in [2.05, 4.69) is 56.5 Å². The molecule has 0 aliphatic carbocycles. The van der Waals surface area contributed by atoms with E-state index in [1.54, 1.807) is 0 Å². The first-order valence-corrected chi connectivity index (χ1v) is 9.72. The fourth-order valence-electron chi connectivity index (χ4n) is 2.95. The lowest BCUT2D eigenvalue weighted by atomic mass is 9.88. The number of hydrogen-bond donors (Lipinski definition) is 0. The van der Waals surface area contributed by atoms with E-state index in [-0.39, 0.29) is 0 Å². The van der Waals surface area contributed by atoms with Gasteiger partial charge in [-0.3, -0.25) is 0 Å². The fourth-order valence-corrected chi connectivity index (χ4v) is 2.95. The minimum atomic E-state index is 0.670. The van der Waals surface area contributed by atoms with E-state index >= 15 is 0 Å². The third-order valence-electron chi connectivity index (χ3n) is 4.04. The van der Waals surface area contributed by atoms with E-state index in [0.29, 0.717) is 6.61 Å². The van der Waals surface area contributed by atoms with Crippen LogP contribution in [0.4, 0.5) is 0 Å². The third kappa shape index (κ3) is 6.14. The molecule has 27 heavy (non-hydrogen) atoms. The molecular formula is C26H32O. The molecule has 0 saturated carbocycles. The van der Waals surface area contributed by atoms with Crippen LogP contribution in [-0.2, 0) is 0 Å². The van der Waals surface area contributed by atoms with Gasteiger partial charge in [-0.2, -0.15) is 0 Å². The van der Waals surface area contributed by atoms with Gasteiger partial charge in [-0.25, -0.2) is 0 Å². The predicted octanol–water partition coefficient (Wildman–Crippen LogP) is 7.62. The normalized spacial score (nSPS) is 11.6. The van der Waals surface area contributed by atoms with E-state index in [1.165, 1.54) is 22.3 Å². The minimum absolute atomic E-state index is 0.670. The molecule has 0 atom stereocenters. The highest BCUT2D eigenvalue weighted by atomic mass is 16.5. The maximum Gasteiger partial charge on any atom is 0.119 e. The number of benzene rings is 2. The quantitative estimate of drug-likeness (QED) is 0.440. The zero-order valence-corrected chi connectivity index (χ0v) is 17.2. The minimum Gasteiger partial charge on any atom is -0.494 e. The first-order chi connectivity index (χ1) is 13.2. The van der Waals surface area contributed by atoms with Crippen LogP contribution in [0.3, 0.4) is 0 Å². The molecule has 0 heterocycles. The van der Waals surface area contributed by atoms with Gasteiger partial charge in [0.15, 0.2) is 0 Å². The summed E-state index contributed by atoms with van der Waals surface area (Å²) in [5.41, 5.74) is 5.94. The molecule has 2 aromatic rings. The Morgan fingerprint density at radius 2 is 1.48 bits per heavy atom. The first kappa shape index (κ1) is 22.2. The van der Waals surface area contributed by atoms with E-state index in [0.717, 1.165) is 17.7 Å². The molecule has 0 aliphatic heterocycles. The maximum absolute atomic E-state index is 5.58. The van der Waals surface area contributed by atoms with Crippen molar-refractivity contribution in [2.75, 3.05) is 6.61 Å². The van der Waals surface area contributed by atoms with Gasteiger partial charge in [0.25, 0.3) is 0 Å². The van der Waals surface area contributed by atoms with Crippen molar-refractivity contribution in [3.8, 4) is 5.75 Å². The molecule has 0 saturated heterocycles. The third-order valence-corrected chi connectivity index (χ3v) is 4.04. The number of allylic oxidation sites excluding steroid dienone is 5. The SMILES string of the molecule is C=C/C=C(C=C)/C(CC)=C(/c1ccccc1)c1ccc(OCC)cc1.CC. The van der Waals surface area contributed by atoms with Gasteiger partial charge in [-0.15, -0.1) is 0 Å². The van der Waals surface area contributed by atoms with Gasteiger partial charge in [0.1, 0.15) is 5.75 Å². The highest BCUT2D eigenvalue weighted by Crippen LogP contribution is 2.33. The summed E-state index contributed by atoms with van der Waals surface area (Å²) in [6.07, 6.45) is 6.64. The van der Waals surface area contributed by atoms with E-state index in [4.69, 9.17) is 4.74 Å². The Balaban J connectivity index is 0.00000176. The Hall–Kier alpha value is -2.80. The summed E-state index contributed by atoms with van der Waals surface area (Å²) in [5, 5.41) is 0. The maximum atomic E-state index is 5.58. The summed E-state index contributed by atoms with van der Waals surface area (Å²) in [4.78, 5) is 0. The lowest BCUT2D eigenvalue weighted by Gasteiger charge is -2.17. The van der Waals surface area contributed by atoms with Crippen LogP contribution in [0.25, 0.3) is 5.57 Å². The molecule has 1 heteroatoms. The molecule has 0 spiro atoms. The summed E-state index contributed by atoms with van der Waals surface area (Å²) in [6, 6.07) is 18.8. The van der Waals surface area contributed by atoms with Crippen LogP contribution >= 0.6 is 0 Å². The van der Waals surface area contributed by atoms with Gasteiger partial charge in [0.2, 0.25) is 0 Å². The molecule has 0 bridgehead atoms. The van der Waals surface area contributed by atoms with Crippen LogP contribution in [0, 0.1) is 0 Å². The number of ether oxygens (including phenoxy) is 1. The van der Waals surface area contributed by atoms with Crippen LogP contribution in [0.5, 0.6) is 5.75 Å². The van der Waals surface area contributed by atoms with Crippen molar-refractivity contribution in [2.45, 2.75) is 34.1 Å². The number of rotatable bonds is 8. The van der Waals surface area contributed by atoms with Crippen molar-refractivity contribution in [1.82, 2.24) is 0 Å². The molecule has 0 unspecified atom stereocenters. The van der Waals surface area contributed by atoms with E-state index < -0.39 is 0 Å². The average Bonchev–Trinajstić information content (AvgIpc) is 2.74. The van der Waals surface area contributed by atoms with Crippen LogP contribution in [0.15, 0.2) is 97.1 Å². The second kappa shape index (κ2) is 12.5. The summed E-state index contributed by atoms with van der Waals surface area (Å²) in [6.45, 7) is 16.7. The van der Waals surface area contributed by atoms with Crippen molar-refractivity contribution in [2.24, 2.45) is 0 Å². The summed E-state index contributed by atoms with van der Waals surface area (Å²) in [7, 11) is 0. The Morgan fingerprint density at radius 3 is 1.96 bits per heavy atom. The molecule has 0 amide bonds. The zero-order valence-electron chi connectivity index (χ0n) is 17.2. The summed E-state index contributed by atoms with van der Waals surface area (Å²) in [5.74, 6) is 0.891. The highest BCUT2D eigenvalue weighted by Gasteiger charge is 2.13. The molecule has 2 rings (SSSR count). The monoisotopic (exact) mass is 360 g/mol. The molecule has 0 N–H and O–H groups in total. The smallest absolute Gasteiger partial charge is 0.119 e. The predicted molar refractivity (Wildman–Crippen MR) is 120 cm³/mol. The van der Waals surface area contributed by atoms with Crippen LogP contribution < -0.4 is 4.74 Å². The topological polar surface area (TPSA) is 9.23 Å². The molecular weight excluding hydrogens is 328 g/mol. The van der Waals surface area contributed by atoms with Gasteiger partial charge in [-0.05, 0) is 53.3 Å². The standard InChI is InChI=1S/C24H26O.C2H6/c1-5-12-19(6-2)23(7-3)24(20-13-10-9-11-14-20)21-15-17-22(18-16-21)25-8-4;1-2/h5-6,9-18H,1-2,7-8H2,3-4H3;1-2H3/b19-12+,24-23-;. The molecule has 142 valence electrons. The fraction of sp³-hybridized carbons (Fsp3) is 0.231. The lowest BCUT2D eigenvalue weighted by molar-refractivity contribution is 0.340. The van der Waals surface area contributed by atoms with E-state index in [1.807, 2.05) is 57.2 Å². The first-order valence-electron chi connectivity index (χ1n) is 9.72. The van der Waals surface area contributed by atoms with Crippen LogP contribution in [0.1, 0.15) is 45.2 Å². The van der Waals surface area contributed by atoms with Crippen LogP contribution in [0.2, 0.25) is 0 Å². The molecule has 1 nitrogen and oxygen atoms in total. The van der Waals surface area contributed by atoms with Crippen molar-refractivity contribution in [3.05, 3.63) is 108 Å². The van der Waals surface area contributed by atoms with Crippen molar-refractivity contribution in [3.63, 3.8) is 0 Å². The Morgan fingerprint density at radius 1 is 0.889 bits per heavy atom. The van der Waals surface area contributed by atoms with Gasteiger partial charge >= 0.3 is 0 Å². The number of hydrogen-bond acceptors (Lipinski definition) is 1. The zero-order chi connectivity index (χ0) is 20.1. The summed E-state index contributed by atoms with van der Waals surface area (Å²) >= 11 is 0. The van der Waals surface area contributed by atoms with Crippen molar-refractivity contribution >= 4 is 5.57 Å². The van der Waals surface area contributed by atoms with Gasteiger partial charge < -0.3 is 4.74 Å². The molecule has 0 radical (unpaired) electrons. The van der Waals surface area contributed by atoms with Crippen molar-refractivity contribution < 1.29 is 4.74 Å². The molecule has 0 fully saturated rings. The Labute approximate surface area is 165 Å². The van der Waals surface area contributed by atoms with Crippen LogP contribution in [-0.4, -0.2) is 6.61 Å². The second-order valence-corrected chi connectivity index (χ2v) is 5.59. The highest BCUT2D eigenvalue weighted by molar-refractivity contribution is 5.85. The Kier molecular flexibility index (Phi) is 10.3. The molecule has 0 aliphatic rings. The molecule has 0 aromatic heterocycles. The Bertz CT molecular complexity index is 762.